The van der Waals surface area contributed by atoms with Gasteiger partial charge in [-0.3, -0.25) is 4.79 Å². The van der Waals surface area contributed by atoms with Crippen molar-refractivity contribution in [2.24, 2.45) is 0 Å². The molecule has 1 aromatic carbocycles. The molecule has 1 aliphatic heterocycles. The number of carbonyl (C=O) groups excluding carboxylic acids is 1. The number of rotatable bonds is 5. The fourth-order valence-electron chi connectivity index (χ4n) is 3.06. The average Bonchev–Trinajstić information content (AvgIpc) is 3.38. The lowest BCUT2D eigenvalue weighted by atomic mass is 9.98. The number of hydrogen-bond acceptors (Lipinski definition) is 6. The Morgan fingerprint density at radius 2 is 2.15 bits per heavy atom. The Morgan fingerprint density at radius 3 is 2.96 bits per heavy atom. The number of likely N-dealkylation sites (tertiary alicyclic amines) is 1. The maximum atomic E-state index is 12.5. The highest BCUT2D eigenvalue weighted by atomic mass is 32.1. The molecule has 3 heterocycles. The van der Waals surface area contributed by atoms with Gasteiger partial charge in [0.05, 0.1) is 5.92 Å². The molecule has 0 radical (unpaired) electrons. The molecule has 0 bridgehead atoms. The van der Waals surface area contributed by atoms with Crippen molar-refractivity contribution >= 4 is 17.2 Å². The van der Waals surface area contributed by atoms with Gasteiger partial charge >= 0.3 is 0 Å². The molecule has 1 amide bonds. The van der Waals surface area contributed by atoms with Crippen molar-refractivity contribution in [3.8, 4) is 17.2 Å². The van der Waals surface area contributed by atoms with Crippen molar-refractivity contribution in [2.45, 2.75) is 18.8 Å². The quantitative estimate of drug-likeness (QED) is 0.687. The number of aromatic nitrogens is 2. The third-order valence-corrected chi connectivity index (χ3v) is 5.12. The van der Waals surface area contributed by atoms with E-state index in [0.29, 0.717) is 24.1 Å². The molecule has 6 nitrogen and oxygen atoms in total. The van der Waals surface area contributed by atoms with E-state index in [0.717, 1.165) is 24.9 Å². The van der Waals surface area contributed by atoms with E-state index in [1.54, 1.807) is 11.3 Å². The van der Waals surface area contributed by atoms with Crippen molar-refractivity contribution in [3.05, 3.63) is 53.0 Å². The molecule has 2 aromatic heterocycles. The number of piperidine rings is 1. The van der Waals surface area contributed by atoms with Gasteiger partial charge in [0.25, 0.3) is 5.91 Å². The van der Waals surface area contributed by atoms with Gasteiger partial charge in [-0.05, 0) is 36.4 Å². The Hall–Kier alpha value is -2.67. The molecule has 0 unspecified atom stereocenters. The fourth-order valence-corrected chi connectivity index (χ4v) is 3.69. The van der Waals surface area contributed by atoms with Crippen LogP contribution in [0.1, 0.15) is 24.7 Å². The molecule has 7 heteroatoms. The molecule has 0 aliphatic carbocycles. The summed E-state index contributed by atoms with van der Waals surface area (Å²) in [7, 11) is 0. The second-order valence-electron chi connectivity index (χ2n) is 6.24. The fraction of sp³-hybridized carbons (Fsp3) is 0.316. The minimum atomic E-state index is -0.0175. The van der Waals surface area contributed by atoms with Gasteiger partial charge in [-0.1, -0.05) is 18.2 Å². The lowest BCUT2D eigenvalue weighted by Gasteiger charge is -2.31. The number of amides is 1. The van der Waals surface area contributed by atoms with E-state index in [-0.39, 0.29) is 18.4 Å². The molecule has 4 rings (SSSR count). The minimum absolute atomic E-state index is 0.0175. The number of nitrogens with zero attached hydrogens (tertiary/aromatic N) is 3. The molecule has 1 aliphatic rings. The van der Waals surface area contributed by atoms with Crippen molar-refractivity contribution in [2.75, 3.05) is 19.7 Å². The number of carbonyl (C=O) groups is 1. The maximum absolute atomic E-state index is 12.5. The first-order chi connectivity index (χ1) is 12.8. The van der Waals surface area contributed by atoms with Gasteiger partial charge in [0.15, 0.2) is 6.61 Å². The van der Waals surface area contributed by atoms with E-state index in [9.17, 15) is 4.79 Å². The number of hydrogen-bond donors (Lipinski definition) is 0. The standard InChI is InChI=1S/C19H19N3O3S/c23-17(12-24-16-6-2-1-3-7-16)22-9-4-5-14(11-22)18-20-21-19(25-18)15-8-10-26-13-15/h1-3,6-8,10,13-14H,4-5,9,11-12H2/t14-/m1/s1. The Morgan fingerprint density at radius 1 is 1.27 bits per heavy atom. The van der Waals surface area contributed by atoms with Gasteiger partial charge in [-0.2, -0.15) is 11.3 Å². The second-order valence-corrected chi connectivity index (χ2v) is 7.02. The molecule has 0 saturated carbocycles. The van der Waals surface area contributed by atoms with Crippen LogP contribution in [-0.2, 0) is 4.79 Å². The number of benzene rings is 1. The number of ether oxygens (including phenoxy) is 1. The zero-order valence-electron chi connectivity index (χ0n) is 14.2. The van der Waals surface area contributed by atoms with Crippen LogP contribution in [0, 0.1) is 0 Å². The summed E-state index contributed by atoms with van der Waals surface area (Å²) < 4.78 is 11.4. The van der Waals surface area contributed by atoms with Gasteiger partial charge in [0, 0.05) is 24.0 Å². The second kappa shape index (κ2) is 7.70. The SMILES string of the molecule is O=C(COc1ccccc1)N1CCC[C@@H](c2nnc(-c3ccsc3)o2)C1. The largest absolute Gasteiger partial charge is 0.484 e. The predicted octanol–water partition coefficient (Wildman–Crippen LogP) is 3.58. The summed E-state index contributed by atoms with van der Waals surface area (Å²) in [5.41, 5.74) is 0.939. The summed E-state index contributed by atoms with van der Waals surface area (Å²) >= 11 is 1.59. The third kappa shape index (κ3) is 3.77. The van der Waals surface area contributed by atoms with E-state index in [1.807, 2.05) is 52.1 Å². The molecule has 1 atom stereocenters. The van der Waals surface area contributed by atoms with Crippen molar-refractivity contribution in [3.63, 3.8) is 0 Å². The van der Waals surface area contributed by atoms with E-state index >= 15 is 0 Å². The average molecular weight is 369 g/mol. The van der Waals surface area contributed by atoms with E-state index in [4.69, 9.17) is 9.15 Å². The Balaban J connectivity index is 1.37. The monoisotopic (exact) mass is 369 g/mol. The first-order valence-electron chi connectivity index (χ1n) is 8.61. The van der Waals surface area contributed by atoms with E-state index in [1.165, 1.54) is 0 Å². The summed E-state index contributed by atoms with van der Waals surface area (Å²) in [5, 5.41) is 12.3. The molecule has 3 aromatic rings. The van der Waals surface area contributed by atoms with E-state index in [2.05, 4.69) is 10.2 Å². The molecule has 0 N–H and O–H groups in total. The van der Waals surface area contributed by atoms with Gasteiger partial charge in [-0.25, -0.2) is 0 Å². The van der Waals surface area contributed by atoms with Crippen LogP contribution >= 0.6 is 11.3 Å². The smallest absolute Gasteiger partial charge is 0.260 e. The summed E-state index contributed by atoms with van der Waals surface area (Å²) in [5.74, 6) is 1.90. The van der Waals surface area contributed by atoms with Gasteiger partial charge in [-0.15, -0.1) is 10.2 Å². The summed E-state index contributed by atoms with van der Waals surface area (Å²) in [6, 6.07) is 11.3. The molecular weight excluding hydrogens is 350 g/mol. The molecule has 26 heavy (non-hydrogen) atoms. The van der Waals surface area contributed by atoms with Crippen LogP contribution < -0.4 is 4.74 Å². The highest BCUT2D eigenvalue weighted by Gasteiger charge is 2.28. The summed E-state index contributed by atoms with van der Waals surface area (Å²) in [4.78, 5) is 14.3. The van der Waals surface area contributed by atoms with Crippen LogP contribution in [-0.4, -0.2) is 40.7 Å². The zero-order chi connectivity index (χ0) is 17.8. The van der Waals surface area contributed by atoms with Crippen molar-refractivity contribution < 1.29 is 13.9 Å². The van der Waals surface area contributed by atoms with Gasteiger partial charge in [0.2, 0.25) is 11.8 Å². The Labute approximate surface area is 155 Å². The van der Waals surface area contributed by atoms with Crippen LogP contribution in [0.5, 0.6) is 5.75 Å². The summed E-state index contributed by atoms with van der Waals surface area (Å²) in [6.07, 6.45) is 1.85. The van der Waals surface area contributed by atoms with Crippen LogP contribution in [0.25, 0.3) is 11.5 Å². The lowest BCUT2D eigenvalue weighted by molar-refractivity contribution is -0.134. The highest BCUT2D eigenvalue weighted by molar-refractivity contribution is 7.08. The first kappa shape index (κ1) is 16.8. The normalized spacial score (nSPS) is 17.2. The molecular formula is C19H19N3O3S. The van der Waals surface area contributed by atoms with Crippen LogP contribution in [0.3, 0.4) is 0 Å². The van der Waals surface area contributed by atoms with Crippen molar-refractivity contribution in [1.82, 2.24) is 15.1 Å². The number of thiophene rings is 1. The summed E-state index contributed by atoms with van der Waals surface area (Å²) in [6.45, 7) is 1.36. The van der Waals surface area contributed by atoms with Crippen LogP contribution in [0.15, 0.2) is 51.6 Å². The van der Waals surface area contributed by atoms with E-state index < -0.39 is 0 Å². The van der Waals surface area contributed by atoms with Gasteiger partial charge < -0.3 is 14.1 Å². The van der Waals surface area contributed by atoms with Crippen LogP contribution in [0.2, 0.25) is 0 Å². The molecule has 1 saturated heterocycles. The zero-order valence-corrected chi connectivity index (χ0v) is 15.0. The highest BCUT2D eigenvalue weighted by Crippen LogP contribution is 2.29. The lowest BCUT2D eigenvalue weighted by Crippen LogP contribution is -2.41. The van der Waals surface area contributed by atoms with Crippen LogP contribution in [0.4, 0.5) is 0 Å². The molecule has 134 valence electrons. The molecule has 1 fully saturated rings. The topological polar surface area (TPSA) is 68.5 Å². The third-order valence-electron chi connectivity index (χ3n) is 4.44. The first-order valence-corrected chi connectivity index (χ1v) is 9.55. The Kier molecular flexibility index (Phi) is 4.97. The number of para-hydroxylation sites is 1. The minimum Gasteiger partial charge on any atom is -0.484 e. The Bertz CT molecular complexity index is 848. The van der Waals surface area contributed by atoms with Crippen molar-refractivity contribution in [1.29, 1.82) is 0 Å². The maximum Gasteiger partial charge on any atom is 0.260 e. The molecule has 0 spiro atoms. The predicted molar refractivity (Wildman–Crippen MR) is 98.1 cm³/mol. The van der Waals surface area contributed by atoms with Gasteiger partial charge in [0.1, 0.15) is 5.75 Å².